The lowest BCUT2D eigenvalue weighted by Gasteiger charge is -2.14. The average molecular weight is 575 g/mol. The molecule has 0 heterocycles. The van der Waals surface area contributed by atoms with Crippen molar-refractivity contribution in [2.24, 2.45) is 16.6 Å². The first kappa shape index (κ1) is 38.2. The standard InChI is InChI=1S/C20H25Cl2N3O.C9H12.2C2H6/c1-5-18(26-4)8-6-7-15(11-12-25(3)20(23)24-2)13-16-9-10-17(21)14-19(16)22;1-2-6-9-7-4-3-5-8-9;2*1-2/h5-12,14-15H,1,13H2,2-4H3,(H2,23,24);3-5,7-8H,2,6H2,1H3;2*1-2H3/b7-6+,12-11+,18-8+;;;. The molecule has 0 amide bonds. The number of methoxy groups -OCH3 is 1. The molecular formula is C33H49Cl2N3O. The van der Waals surface area contributed by atoms with Crippen LogP contribution in [0.5, 0.6) is 0 Å². The highest BCUT2D eigenvalue weighted by Gasteiger charge is 2.08. The van der Waals surface area contributed by atoms with Gasteiger partial charge in [-0.2, -0.15) is 0 Å². The minimum atomic E-state index is 0.0833. The Morgan fingerprint density at radius 3 is 2.23 bits per heavy atom. The van der Waals surface area contributed by atoms with Crippen molar-refractivity contribution in [3.63, 3.8) is 0 Å². The zero-order chi connectivity index (χ0) is 30.1. The fourth-order valence-corrected chi connectivity index (χ4v) is 3.55. The maximum Gasteiger partial charge on any atom is 0.194 e. The summed E-state index contributed by atoms with van der Waals surface area (Å²) in [6, 6.07) is 16.1. The van der Waals surface area contributed by atoms with E-state index >= 15 is 0 Å². The SMILES string of the molecule is C=C/C(=C\C=C\C(/C=C/N(C)C(N)=NC)Cc1ccc(Cl)cc1Cl)OC.CC.CC.CCCc1ccccc1. The molecule has 2 rings (SSSR count). The number of rotatable bonds is 10. The molecule has 1 unspecified atom stereocenters. The van der Waals surface area contributed by atoms with Crippen molar-refractivity contribution >= 4 is 29.2 Å². The molecule has 0 bridgehead atoms. The molecule has 1 atom stereocenters. The number of guanidine groups is 1. The quantitative estimate of drug-likeness (QED) is 0.133. The highest BCUT2D eigenvalue weighted by molar-refractivity contribution is 6.35. The highest BCUT2D eigenvalue weighted by Crippen LogP contribution is 2.24. The molecule has 0 aromatic heterocycles. The van der Waals surface area contributed by atoms with Crippen LogP contribution in [0.1, 0.15) is 52.2 Å². The predicted molar refractivity (Wildman–Crippen MR) is 176 cm³/mol. The Morgan fingerprint density at radius 2 is 1.72 bits per heavy atom. The second-order valence-electron chi connectivity index (χ2n) is 7.74. The number of hydrogen-bond donors (Lipinski definition) is 1. The third-order valence-corrected chi connectivity index (χ3v) is 5.64. The van der Waals surface area contributed by atoms with Gasteiger partial charge in [-0.05, 0) is 48.3 Å². The van der Waals surface area contributed by atoms with Gasteiger partial charge in [0.1, 0.15) is 5.76 Å². The Morgan fingerprint density at radius 1 is 1.08 bits per heavy atom. The Bertz CT molecular complexity index is 1010. The molecule has 0 aliphatic rings. The smallest absolute Gasteiger partial charge is 0.194 e. The predicted octanol–water partition coefficient (Wildman–Crippen LogP) is 9.51. The van der Waals surface area contributed by atoms with Crippen molar-refractivity contribution < 1.29 is 4.74 Å². The van der Waals surface area contributed by atoms with Crippen molar-refractivity contribution in [3.05, 3.63) is 119 Å². The number of aliphatic imine (C=N–C) groups is 1. The fraction of sp³-hybridized carbons (Fsp3) is 0.364. The van der Waals surface area contributed by atoms with E-state index in [1.54, 1.807) is 31.2 Å². The lowest BCUT2D eigenvalue weighted by Crippen LogP contribution is -2.29. The van der Waals surface area contributed by atoms with Gasteiger partial charge in [-0.25, -0.2) is 0 Å². The van der Waals surface area contributed by atoms with Crippen LogP contribution in [0.25, 0.3) is 0 Å². The molecule has 0 fully saturated rings. The van der Waals surface area contributed by atoms with E-state index in [4.69, 9.17) is 33.7 Å². The van der Waals surface area contributed by atoms with Gasteiger partial charge in [-0.1, -0.05) is 125 Å². The zero-order valence-electron chi connectivity index (χ0n) is 25.1. The molecule has 2 aromatic rings. The third-order valence-electron chi connectivity index (χ3n) is 5.06. The molecule has 0 aliphatic heterocycles. The van der Waals surface area contributed by atoms with Crippen LogP contribution in [-0.4, -0.2) is 32.1 Å². The lowest BCUT2D eigenvalue weighted by molar-refractivity contribution is 0.307. The van der Waals surface area contributed by atoms with E-state index in [1.807, 2.05) is 71.3 Å². The summed E-state index contributed by atoms with van der Waals surface area (Å²) in [6.45, 7) is 13.9. The van der Waals surface area contributed by atoms with Crippen molar-refractivity contribution in [2.45, 2.75) is 53.9 Å². The number of ether oxygens (including phenoxy) is 1. The number of hydrogen-bond acceptors (Lipinski definition) is 2. The van der Waals surface area contributed by atoms with Crippen molar-refractivity contribution in [1.82, 2.24) is 4.90 Å². The Balaban J connectivity index is 0. The molecule has 0 spiro atoms. The van der Waals surface area contributed by atoms with Crippen LogP contribution in [0.15, 0.2) is 102 Å². The molecular weight excluding hydrogens is 525 g/mol. The first-order chi connectivity index (χ1) is 18.8. The molecule has 0 saturated carbocycles. The number of nitrogens with two attached hydrogens (primary N) is 1. The number of nitrogens with zero attached hydrogens (tertiary/aromatic N) is 2. The fourth-order valence-electron chi connectivity index (χ4n) is 3.06. The number of aryl methyl sites for hydroxylation is 1. The number of halogens is 2. The maximum atomic E-state index is 6.31. The van der Waals surface area contributed by atoms with Gasteiger partial charge in [0.15, 0.2) is 5.96 Å². The summed E-state index contributed by atoms with van der Waals surface area (Å²) >= 11 is 12.3. The Kier molecular flexibility index (Phi) is 24.8. The van der Waals surface area contributed by atoms with Crippen LogP contribution in [0.2, 0.25) is 10.0 Å². The first-order valence-electron chi connectivity index (χ1n) is 13.5. The van der Waals surface area contributed by atoms with Crippen LogP contribution in [-0.2, 0) is 17.6 Å². The summed E-state index contributed by atoms with van der Waals surface area (Å²) in [6.07, 6.45) is 14.6. The Hall–Kier alpha value is -2.95. The van der Waals surface area contributed by atoms with Crippen LogP contribution in [0.3, 0.4) is 0 Å². The van der Waals surface area contributed by atoms with Crippen LogP contribution < -0.4 is 5.73 Å². The lowest BCUT2D eigenvalue weighted by atomic mass is 9.98. The van der Waals surface area contributed by atoms with Crippen molar-refractivity contribution in [1.29, 1.82) is 0 Å². The molecule has 2 N–H and O–H groups in total. The number of benzene rings is 2. The second kappa shape index (κ2) is 25.3. The summed E-state index contributed by atoms with van der Waals surface area (Å²) in [5, 5.41) is 1.26. The maximum absolute atomic E-state index is 6.31. The molecule has 0 saturated heterocycles. The molecule has 39 heavy (non-hydrogen) atoms. The first-order valence-corrected chi connectivity index (χ1v) is 14.3. The van der Waals surface area contributed by atoms with Crippen LogP contribution >= 0.6 is 23.2 Å². The van der Waals surface area contributed by atoms with Crippen LogP contribution in [0.4, 0.5) is 0 Å². The average Bonchev–Trinajstić information content (AvgIpc) is 2.97. The van der Waals surface area contributed by atoms with Gasteiger partial charge in [-0.15, -0.1) is 0 Å². The van der Waals surface area contributed by atoms with Gasteiger partial charge in [-0.3, -0.25) is 4.99 Å². The van der Waals surface area contributed by atoms with E-state index in [9.17, 15) is 0 Å². The molecule has 4 nitrogen and oxygen atoms in total. The topological polar surface area (TPSA) is 50.8 Å². The van der Waals surface area contributed by atoms with E-state index in [1.165, 1.54) is 18.4 Å². The number of allylic oxidation sites excluding steroid dienone is 5. The molecule has 0 radical (unpaired) electrons. The summed E-state index contributed by atoms with van der Waals surface area (Å²) in [5.41, 5.74) is 8.26. The molecule has 0 aliphatic carbocycles. The van der Waals surface area contributed by atoms with Gasteiger partial charge in [0.2, 0.25) is 0 Å². The van der Waals surface area contributed by atoms with E-state index in [2.05, 4.69) is 54.9 Å². The van der Waals surface area contributed by atoms with E-state index in [-0.39, 0.29) is 5.92 Å². The molecule has 216 valence electrons. The van der Waals surface area contributed by atoms with Gasteiger partial charge in [0.05, 0.1) is 7.11 Å². The summed E-state index contributed by atoms with van der Waals surface area (Å²) in [4.78, 5) is 5.71. The molecule has 6 heteroatoms. The largest absolute Gasteiger partial charge is 0.497 e. The monoisotopic (exact) mass is 573 g/mol. The highest BCUT2D eigenvalue weighted by atomic mass is 35.5. The third kappa shape index (κ3) is 18.1. The van der Waals surface area contributed by atoms with Gasteiger partial charge >= 0.3 is 0 Å². The van der Waals surface area contributed by atoms with Gasteiger partial charge < -0.3 is 15.4 Å². The van der Waals surface area contributed by atoms with Gasteiger partial charge in [0, 0.05) is 36.3 Å². The molecule has 2 aromatic carbocycles. The minimum absolute atomic E-state index is 0.0833. The van der Waals surface area contributed by atoms with Crippen molar-refractivity contribution in [2.75, 3.05) is 21.2 Å². The van der Waals surface area contributed by atoms with E-state index in [0.717, 1.165) is 5.56 Å². The summed E-state index contributed by atoms with van der Waals surface area (Å²) < 4.78 is 5.17. The Labute approximate surface area is 248 Å². The summed E-state index contributed by atoms with van der Waals surface area (Å²) in [5.74, 6) is 1.20. The van der Waals surface area contributed by atoms with Gasteiger partial charge in [0.25, 0.3) is 0 Å². The van der Waals surface area contributed by atoms with Crippen LogP contribution in [0, 0.1) is 5.92 Å². The normalized spacial score (nSPS) is 11.8. The van der Waals surface area contributed by atoms with E-state index in [0.29, 0.717) is 28.2 Å². The second-order valence-corrected chi connectivity index (χ2v) is 8.58. The summed E-state index contributed by atoms with van der Waals surface area (Å²) in [7, 11) is 5.10. The minimum Gasteiger partial charge on any atom is -0.497 e. The van der Waals surface area contributed by atoms with E-state index < -0.39 is 0 Å². The zero-order valence-corrected chi connectivity index (χ0v) is 26.6. The van der Waals surface area contributed by atoms with Crippen molar-refractivity contribution in [3.8, 4) is 0 Å².